The van der Waals surface area contributed by atoms with Gasteiger partial charge in [-0.3, -0.25) is 4.79 Å². The molecule has 1 saturated heterocycles. The first kappa shape index (κ1) is 14.5. The molecule has 1 amide bonds. The minimum Gasteiger partial charge on any atom is -0.343 e. The number of rotatable bonds is 3. The number of nitrogens with zero attached hydrogens (tertiary/aromatic N) is 1. The molecule has 0 saturated carbocycles. The fourth-order valence-corrected chi connectivity index (χ4v) is 2.26. The van der Waals surface area contributed by atoms with Crippen LogP contribution in [0.2, 0.25) is 0 Å². The van der Waals surface area contributed by atoms with Gasteiger partial charge in [-0.25, -0.2) is 0 Å². The molecule has 3 heteroatoms. The van der Waals surface area contributed by atoms with Crippen molar-refractivity contribution in [3.05, 3.63) is 0 Å². The first-order chi connectivity index (χ1) is 7.70. The standard InChI is InChI=1S/C14H28N2O/c1-13(2)7-5-10-16(11-9-13)12(17)6-8-14(3,4)15/h5-11,15H2,1-4H3. The molecule has 17 heavy (non-hydrogen) atoms. The van der Waals surface area contributed by atoms with Crippen molar-refractivity contribution in [2.45, 2.75) is 65.3 Å². The van der Waals surface area contributed by atoms with Gasteiger partial charge in [0, 0.05) is 25.0 Å². The van der Waals surface area contributed by atoms with E-state index in [2.05, 4.69) is 13.8 Å². The quantitative estimate of drug-likeness (QED) is 0.824. The third kappa shape index (κ3) is 5.53. The summed E-state index contributed by atoms with van der Waals surface area (Å²) < 4.78 is 0. The second-order valence-corrected chi connectivity index (χ2v) is 6.89. The van der Waals surface area contributed by atoms with Crippen molar-refractivity contribution in [2.24, 2.45) is 11.1 Å². The Bertz CT molecular complexity index is 266. The maximum atomic E-state index is 12.1. The summed E-state index contributed by atoms with van der Waals surface area (Å²) in [6.45, 7) is 10.4. The van der Waals surface area contributed by atoms with Gasteiger partial charge in [-0.15, -0.1) is 0 Å². The smallest absolute Gasteiger partial charge is 0.222 e. The van der Waals surface area contributed by atoms with Crippen molar-refractivity contribution in [1.82, 2.24) is 4.90 Å². The van der Waals surface area contributed by atoms with E-state index in [1.807, 2.05) is 18.7 Å². The lowest BCUT2D eigenvalue weighted by atomic mass is 9.85. The highest BCUT2D eigenvalue weighted by atomic mass is 16.2. The summed E-state index contributed by atoms with van der Waals surface area (Å²) in [7, 11) is 0. The van der Waals surface area contributed by atoms with Gasteiger partial charge < -0.3 is 10.6 Å². The molecule has 0 radical (unpaired) electrons. The summed E-state index contributed by atoms with van der Waals surface area (Å²) in [6.07, 6.45) is 4.82. The molecule has 0 aliphatic carbocycles. The predicted molar refractivity (Wildman–Crippen MR) is 71.7 cm³/mol. The van der Waals surface area contributed by atoms with Crippen LogP contribution >= 0.6 is 0 Å². The fraction of sp³-hybridized carbons (Fsp3) is 0.929. The molecular formula is C14H28N2O. The van der Waals surface area contributed by atoms with Gasteiger partial charge in [0.1, 0.15) is 0 Å². The SMILES string of the molecule is CC(C)(N)CCC(=O)N1CCCC(C)(C)CC1. The van der Waals surface area contributed by atoms with Gasteiger partial charge in [0.25, 0.3) is 0 Å². The lowest BCUT2D eigenvalue weighted by Crippen LogP contribution is -2.37. The Morgan fingerprint density at radius 2 is 1.94 bits per heavy atom. The van der Waals surface area contributed by atoms with E-state index in [1.54, 1.807) is 0 Å². The van der Waals surface area contributed by atoms with Gasteiger partial charge in [0.2, 0.25) is 5.91 Å². The number of carbonyl (C=O) groups excluding carboxylic acids is 1. The normalized spacial score (nSPS) is 21.1. The van der Waals surface area contributed by atoms with Crippen molar-refractivity contribution < 1.29 is 4.79 Å². The molecule has 3 nitrogen and oxygen atoms in total. The largest absolute Gasteiger partial charge is 0.343 e. The first-order valence-electron chi connectivity index (χ1n) is 6.76. The average molecular weight is 240 g/mol. The zero-order valence-corrected chi connectivity index (χ0v) is 11.9. The summed E-state index contributed by atoms with van der Waals surface area (Å²) in [5, 5.41) is 0. The highest BCUT2D eigenvalue weighted by Gasteiger charge is 2.25. The van der Waals surface area contributed by atoms with E-state index in [1.165, 1.54) is 6.42 Å². The van der Waals surface area contributed by atoms with Crippen LogP contribution in [-0.2, 0) is 4.79 Å². The molecule has 0 aromatic carbocycles. The summed E-state index contributed by atoms with van der Waals surface area (Å²) in [4.78, 5) is 14.1. The van der Waals surface area contributed by atoms with E-state index < -0.39 is 0 Å². The molecule has 1 aliphatic rings. The molecule has 100 valence electrons. The zero-order chi connectivity index (χ0) is 13.1. The lowest BCUT2D eigenvalue weighted by molar-refractivity contribution is -0.131. The third-order valence-electron chi connectivity index (χ3n) is 3.68. The van der Waals surface area contributed by atoms with E-state index in [0.29, 0.717) is 11.8 Å². The van der Waals surface area contributed by atoms with Gasteiger partial charge in [-0.05, 0) is 44.9 Å². The van der Waals surface area contributed by atoms with E-state index >= 15 is 0 Å². The van der Waals surface area contributed by atoms with Gasteiger partial charge in [0.05, 0.1) is 0 Å². The van der Waals surface area contributed by atoms with Crippen LogP contribution in [0.25, 0.3) is 0 Å². The molecule has 1 rings (SSSR count). The number of nitrogens with two attached hydrogens (primary N) is 1. The van der Waals surface area contributed by atoms with Gasteiger partial charge >= 0.3 is 0 Å². The molecule has 2 N–H and O–H groups in total. The fourth-order valence-electron chi connectivity index (χ4n) is 2.26. The van der Waals surface area contributed by atoms with Crippen LogP contribution in [0.4, 0.5) is 0 Å². The second kappa shape index (κ2) is 5.38. The van der Waals surface area contributed by atoms with Crippen LogP contribution in [0.3, 0.4) is 0 Å². The Labute approximate surface area is 106 Å². The molecular weight excluding hydrogens is 212 g/mol. The summed E-state index contributed by atoms with van der Waals surface area (Å²) >= 11 is 0. The van der Waals surface area contributed by atoms with Crippen LogP contribution in [-0.4, -0.2) is 29.4 Å². The summed E-state index contributed by atoms with van der Waals surface area (Å²) in [5.41, 5.74) is 6.07. The minimum absolute atomic E-state index is 0.235. The number of hydrogen-bond donors (Lipinski definition) is 1. The van der Waals surface area contributed by atoms with E-state index in [0.717, 1.165) is 32.4 Å². The molecule has 0 atom stereocenters. The maximum Gasteiger partial charge on any atom is 0.222 e. The van der Waals surface area contributed by atoms with Crippen molar-refractivity contribution in [3.8, 4) is 0 Å². The molecule has 1 fully saturated rings. The highest BCUT2D eigenvalue weighted by Crippen LogP contribution is 2.30. The zero-order valence-electron chi connectivity index (χ0n) is 11.9. The highest BCUT2D eigenvalue weighted by molar-refractivity contribution is 5.76. The van der Waals surface area contributed by atoms with Crippen molar-refractivity contribution in [3.63, 3.8) is 0 Å². The predicted octanol–water partition coefficient (Wildman–Crippen LogP) is 2.54. The summed E-state index contributed by atoms with van der Waals surface area (Å²) in [6, 6.07) is 0. The monoisotopic (exact) mass is 240 g/mol. The molecule has 0 aromatic rings. The number of hydrogen-bond acceptors (Lipinski definition) is 2. The maximum absolute atomic E-state index is 12.1. The third-order valence-corrected chi connectivity index (χ3v) is 3.68. The van der Waals surface area contributed by atoms with E-state index in [-0.39, 0.29) is 11.4 Å². The van der Waals surface area contributed by atoms with Crippen molar-refractivity contribution in [2.75, 3.05) is 13.1 Å². The molecule has 1 heterocycles. The van der Waals surface area contributed by atoms with Gasteiger partial charge in [0.15, 0.2) is 0 Å². The Balaban J connectivity index is 2.42. The first-order valence-corrected chi connectivity index (χ1v) is 6.76. The van der Waals surface area contributed by atoms with Crippen LogP contribution in [0.15, 0.2) is 0 Å². The molecule has 0 unspecified atom stereocenters. The van der Waals surface area contributed by atoms with Gasteiger partial charge in [-0.2, -0.15) is 0 Å². The van der Waals surface area contributed by atoms with Crippen molar-refractivity contribution in [1.29, 1.82) is 0 Å². The Morgan fingerprint density at radius 1 is 1.29 bits per heavy atom. The Kier molecular flexibility index (Phi) is 4.59. The topological polar surface area (TPSA) is 46.3 Å². The average Bonchev–Trinajstić information content (AvgIpc) is 2.35. The van der Waals surface area contributed by atoms with Crippen LogP contribution < -0.4 is 5.73 Å². The lowest BCUT2D eigenvalue weighted by Gasteiger charge is -2.25. The van der Waals surface area contributed by atoms with E-state index in [4.69, 9.17) is 5.73 Å². The van der Waals surface area contributed by atoms with Crippen LogP contribution in [0.1, 0.15) is 59.8 Å². The summed E-state index contributed by atoms with van der Waals surface area (Å²) in [5.74, 6) is 0.279. The number of carbonyl (C=O) groups is 1. The number of amides is 1. The molecule has 1 aliphatic heterocycles. The van der Waals surface area contributed by atoms with E-state index in [9.17, 15) is 4.79 Å². The molecule has 0 spiro atoms. The number of likely N-dealkylation sites (tertiary alicyclic amines) is 1. The minimum atomic E-state index is -0.235. The van der Waals surface area contributed by atoms with Gasteiger partial charge in [-0.1, -0.05) is 13.8 Å². The van der Waals surface area contributed by atoms with Crippen LogP contribution in [0, 0.1) is 5.41 Å². The molecule has 0 aromatic heterocycles. The van der Waals surface area contributed by atoms with Crippen LogP contribution in [0.5, 0.6) is 0 Å². The second-order valence-electron chi connectivity index (χ2n) is 6.89. The Hall–Kier alpha value is -0.570. The van der Waals surface area contributed by atoms with Crippen molar-refractivity contribution >= 4 is 5.91 Å². The molecule has 0 bridgehead atoms. The Morgan fingerprint density at radius 3 is 2.53 bits per heavy atom.